The van der Waals surface area contributed by atoms with E-state index in [0.29, 0.717) is 51.5 Å². The number of nitrogens with zero attached hydrogens (tertiary/aromatic N) is 2. The van der Waals surface area contributed by atoms with Crippen molar-refractivity contribution in [3.8, 4) is 0 Å². The highest BCUT2D eigenvalue weighted by molar-refractivity contribution is 14.0. The van der Waals surface area contributed by atoms with Crippen LogP contribution in [0.2, 0.25) is 0 Å². The van der Waals surface area contributed by atoms with E-state index in [9.17, 15) is 18.0 Å². The van der Waals surface area contributed by atoms with Crippen LogP contribution in [0, 0.1) is 5.92 Å². The first-order valence-corrected chi connectivity index (χ1v) is 10.3. The summed E-state index contributed by atoms with van der Waals surface area (Å²) in [5.41, 5.74) is 1.21. The van der Waals surface area contributed by atoms with E-state index in [2.05, 4.69) is 27.8 Å². The van der Waals surface area contributed by atoms with Crippen molar-refractivity contribution in [2.45, 2.75) is 45.2 Å². The molecule has 1 heterocycles. The second kappa shape index (κ2) is 13.7. The van der Waals surface area contributed by atoms with Crippen molar-refractivity contribution < 1.29 is 18.0 Å². The van der Waals surface area contributed by atoms with Crippen LogP contribution in [-0.2, 0) is 11.2 Å². The fourth-order valence-electron chi connectivity index (χ4n) is 3.32. The van der Waals surface area contributed by atoms with Crippen molar-refractivity contribution in [3.63, 3.8) is 0 Å². The topological polar surface area (TPSA) is 56.7 Å². The van der Waals surface area contributed by atoms with Crippen LogP contribution < -0.4 is 10.6 Å². The molecule has 0 bridgehead atoms. The van der Waals surface area contributed by atoms with Crippen LogP contribution in [0.1, 0.15) is 38.2 Å². The molecule has 2 N–H and O–H groups in total. The number of rotatable bonds is 10. The fourth-order valence-corrected chi connectivity index (χ4v) is 3.32. The molecule has 1 aliphatic heterocycles. The number of nitrogens with one attached hydrogen (secondary N) is 2. The summed E-state index contributed by atoms with van der Waals surface area (Å²) in [5.74, 6) is 0.917. The van der Waals surface area contributed by atoms with E-state index in [4.69, 9.17) is 0 Å². The third kappa shape index (κ3) is 10.5. The van der Waals surface area contributed by atoms with Crippen molar-refractivity contribution in [2.24, 2.45) is 10.9 Å². The average Bonchev–Trinajstić information content (AvgIpc) is 3.03. The maximum Gasteiger partial charge on any atom is 0.389 e. The largest absolute Gasteiger partial charge is 0.389 e. The van der Waals surface area contributed by atoms with E-state index >= 15 is 0 Å². The Morgan fingerprint density at radius 2 is 1.93 bits per heavy atom. The van der Waals surface area contributed by atoms with Crippen molar-refractivity contribution in [1.29, 1.82) is 0 Å². The summed E-state index contributed by atoms with van der Waals surface area (Å²) in [5, 5.41) is 6.17. The van der Waals surface area contributed by atoms with Crippen LogP contribution in [0.5, 0.6) is 0 Å². The minimum Gasteiger partial charge on any atom is -0.357 e. The second-order valence-corrected chi connectivity index (χ2v) is 7.36. The summed E-state index contributed by atoms with van der Waals surface area (Å²) in [6, 6.07) is 10.1. The number of aliphatic imine (C=N–C) groups is 1. The van der Waals surface area contributed by atoms with Crippen LogP contribution in [0.15, 0.2) is 35.3 Å². The number of unbranched alkanes of at least 4 members (excludes halogenated alkanes) is 1. The monoisotopic (exact) mass is 540 g/mol. The predicted molar refractivity (Wildman–Crippen MR) is 124 cm³/mol. The Hall–Kier alpha value is -1.52. The number of amides is 1. The third-order valence-corrected chi connectivity index (χ3v) is 4.84. The Kier molecular flexibility index (Phi) is 12.1. The van der Waals surface area contributed by atoms with Crippen molar-refractivity contribution in [1.82, 2.24) is 15.5 Å². The summed E-state index contributed by atoms with van der Waals surface area (Å²) in [6.45, 7) is 4.97. The SMILES string of the molecule is CCNC(=NCC1CC(=O)N(CCc2ccccc2)C1)NCCCCC(F)(F)F.I. The van der Waals surface area contributed by atoms with Gasteiger partial charge in [0, 0.05) is 51.5 Å². The van der Waals surface area contributed by atoms with Crippen LogP contribution in [-0.4, -0.2) is 55.7 Å². The minimum atomic E-state index is -4.10. The predicted octanol–water partition coefficient (Wildman–Crippen LogP) is 3.98. The van der Waals surface area contributed by atoms with Crippen LogP contribution in [0.4, 0.5) is 13.2 Å². The molecular formula is C21H32F3IN4O. The Balaban J connectivity index is 0.00000450. The molecule has 30 heavy (non-hydrogen) atoms. The molecule has 1 aliphatic rings. The van der Waals surface area contributed by atoms with E-state index in [1.54, 1.807) is 0 Å². The van der Waals surface area contributed by atoms with Crippen molar-refractivity contribution >= 4 is 35.8 Å². The molecule has 1 fully saturated rings. The van der Waals surface area contributed by atoms with Crippen LogP contribution in [0.3, 0.4) is 0 Å². The van der Waals surface area contributed by atoms with Crippen LogP contribution in [0.25, 0.3) is 0 Å². The molecule has 0 aliphatic carbocycles. The molecule has 0 saturated carbocycles. The molecular weight excluding hydrogens is 508 g/mol. The Bertz CT molecular complexity index is 655. The Morgan fingerprint density at radius 3 is 2.60 bits per heavy atom. The smallest absolute Gasteiger partial charge is 0.357 e. The summed E-state index contributed by atoms with van der Waals surface area (Å²) < 4.78 is 36.5. The molecule has 9 heteroatoms. The van der Waals surface area contributed by atoms with E-state index < -0.39 is 12.6 Å². The van der Waals surface area contributed by atoms with Crippen molar-refractivity contribution in [2.75, 3.05) is 32.7 Å². The molecule has 1 aromatic carbocycles. The maximum absolute atomic E-state index is 12.3. The molecule has 0 spiro atoms. The summed E-state index contributed by atoms with van der Waals surface area (Å²) in [4.78, 5) is 18.7. The minimum absolute atomic E-state index is 0. The molecule has 1 unspecified atom stereocenters. The highest BCUT2D eigenvalue weighted by Gasteiger charge is 2.29. The fraction of sp³-hybridized carbons (Fsp3) is 0.619. The van der Waals surface area contributed by atoms with Gasteiger partial charge in [0.15, 0.2) is 5.96 Å². The van der Waals surface area contributed by atoms with E-state index in [1.165, 1.54) is 5.56 Å². The van der Waals surface area contributed by atoms with Gasteiger partial charge in [-0.2, -0.15) is 13.2 Å². The Morgan fingerprint density at radius 1 is 1.20 bits per heavy atom. The van der Waals surface area contributed by atoms with Gasteiger partial charge < -0.3 is 15.5 Å². The van der Waals surface area contributed by atoms with Gasteiger partial charge in [0.05, 0.1) is 0 Å². The number of guanidine groups is 1. The van der Waals surface area contributed by atoms with Gasteiger partial charge in [0.2, 0.25) is 5.91 Å². The molecule has 1 amide bonds. The van der Waals surface area contributed by atoms with Gasteiger partial charge in [-0.25, -0.2) is 0 Å². The number of benzene rings is 1. The second-order valence-electron chi connectivity index (χ2n) is 7.36. The number of carbonyl (C=O) groups excluding carboxylic acids is 1. The zero-order valence-corrected chi connectivity index (χ0v) is 19.7. The zero-order valence-electron chi connectivity index (χ0n) is 17.4. The van der Waals surface area contributed by atoms with Gasteiger partial charge in [0.25, 0.3) is 0 Å². The zero-order chi connectivity index (χ0) is 21.1. The first-order chi connectivity index (χ1) is 13.9. The Labute approximate surface area is 193 Å². The van der Waals surface area contributed by atoms with Crippen LogP contribution >= 0.6 is 24.0 Å². The van der Waals surface area contributed by atoms with Gasteiger partial charge in [-0.1, -0.05) is 30.3 Å². The number of likely N-dealkylation sites (tertiary alicyclic amines) is 1. The first kappa shape index (κ1) is 26.5. The number of hydrogen-bond acceptors (Lipinski definition) is 2. The third-order valence-electron chi connectivity index (χ3n) is 4.84. The molecule has 0 aromatic heterocycles. The number of carbonyl (C=O) groups is 1. The van der Waals surface area contributed by atoms with E-state index in [-0.39, 0.29) is 42.2 Å². The average molecular weight is 540 g/mol. The van der Waals surface area contributed by atoms with Gasteiger partial charge in [-0.3, -0.25) is 9.79 Å². The van der Waals surface area contributed by atoms with Gasteiger partial charge in [-0.05, 0) is 31.7 Å². The summed E-state index contributed by atoms with van der Waals surface area (Å²) in [7, 11) is 0. The molecule has 1 atom stereocenters. The highest BCUT2D eigenvalue weighted by Crippen LogP contribution is 2.22. The van der Waals surface area contributed by atoms with Gasteiger partial charge in [0.1, 0.15) is 0 Å². The van der Waals surface area contributed by atoms with E-state index in [0.717, 1.165) is 6.42 Å². The molecule has 170 valence electrons. The lowest BCUT2D eigenvalue weighted by atomic mass is 10.1. The number of halogens is 4. The first-order valence-electron chi connectivity index (χ1n) is 10.3. The van der Waals surface area contributed by atoms with E-state index in [1.807, 2.05) is 30.0 Å². The van der Waals surface area contributed by atoms with Gasteiger partial charge in [-0.15, -0.1) is 24.0 Å². The molecule has 5 nitrogen and oxygen atoms in total. The lowest BCUT2D eigenvalue weighted by Gasteiger charge is -2.16. The van der Waals surface area contributed by atoms with Gasteiger partial charge >= 0.3 is 6.18 Å². The van der Waals surface area contributed by atoms with Crippen molar-refractivity contribution in [3.05, 3.63) is 35.9 Å². The summed E-state index contributed by atoms with van der Waals surface area (Å²) >= 11 is 0. The lowest BCUT2D eigenvalue weighted by Crippen LogP contribution is -2.38. The molecule has 1 aromatic rings. The standard InChI is InChI=1S/C21H31F3N4O.HI/c1-2-25-20(26-12-7-6-11-21(22,23)24)27-15-18-14-19(29)28(16-18)13-10-17-8-4-3-5-9-17;/h3-5,8-9,18H,2,6-7,10-16H2,1H3,(H2,25,26,27);1H. The highest BCUT2D eigenvalue weighted by atomic mass is 127. The molecule has 1 saturated heterocycles. The lowest BCUT2D eigenvalue weighted by molar-refractivity contribution is -0.135. The molecule has 2 rings (SSSR count). The molecule has 0 radical (unpaired) electrons. The maximum atomic E-state index is 12.3. The quantitative estimate of drug-likeness (QED) is 0.204. The normalized spacial score (nSPS) is 17.1. The summed E-state index contributed by atoms with van der Waals surface area (Å²) in [6.07, 6.45) is -3.00. The number of hydrogen-bond donors (Lipinski definition) is 2. The number of alkyl halides is 3.